The summed E-state index contributed by atoms with van der Waals surface area (Å²) >= 11 is 0. The Hall–Kier alpha value is -1.72. The highest BCUT2D eigenvalue weighted by Gasteiger charge is 2.13. The maximum Gasteiger partial charge on any atom is 0.123 e. The second kappa shape index (κ2) is 6.63. The number of hydrogen-bond donors (Lipinski definition) is 1. The third kappa shape index (κ3) is 3.88. The lowest BCUT2D eigenvalue weighted by atomic mass is 10.1. The summed E-state index contributed by atoms with van der Waals surface area (Å²) in [5.41, 5.74) is 2.26. The largest absolute Gasteiger partial charge is 0.311 e. The topological polar surface area (TPSA) is 33.1 Å². The number of rotatable bonds is 6. The quantitative estimate of drug-likeness (QED) is 0.875. The minimum atomic E-state index is -0.199. The van der Waals surface area contributed by atoms with Crippen LogP contribution in [0.1, 0.15) is 17.2 Å². The van der Waals surface area contributed by atoms with Gasteiger partial charge in [-0.3, -0.25) is 4.68 Å². The van der Waals surface area contributed by atoms with Gasteiger partial charge in [-0.15, -0.1) is 0 Å². The maximum absolute atomic E-state index is 13.0. The fraction of sp³-hybridized carbons (Fsp3) is 0.400. The van der Waals surface area contributed by atoms with E-state index in [1.807, 2.05) is 45.7 Å². The minimum absolute atomic E-state index is 0.199. The van der Waals surface area contributed by atoms with Crippen LogP contribution in [0.15, 0.2) is 36.7 Å². The fourth-order valence-corrected chi connectivity index (χ4v) is 2.20. The highest BCUT2D eigenvalue weighted by molar-refractivity contribution is 5.20. The number of aromatic nitrogens is 2. The standard InChI is InChI=1S/C15H21FN4/c1-19(2)15(13-4-6-14(16)7-5-13)10-17-8-12-9-18-20(3)11-12/h4-7,9,11,15,17H,8,10H2,1-3H3. The molecule has 1 aromatic heterocycles. The van der Waals surface area contributed by atoms with Gasteiger partial charge in [-0.2, -0.15) is 5.10 Å². The zero-order chi connectivity index (χ0) is 14.5. The molecule has 0 amide bonds. The predicted molar refractivity (Wildman–Crippen MR) is 77.7 cm³/mol. The summed E-state index contributed by atoms with van der Waals surface area (Å²) in [5.74, 6) is -0.199. The molecule has 1 N–H and O–H groups in total. The first kappa shape index (κ1) is 14.7. The minimum Gasteiger partial charge on any atom is -0.311 e. The Labute approximate surface area is 119 Å². The molecule has 1 heterocycles. The summed E-state index contributed by atoms with van der Waals surface area (Å²) in [4.78, 5) is 2.13. The van der Waals surface area contributed by atoms with Crippen LogP contribution in [-0.2, 0) is 13.6 Å². The third-order valence-electron chi connectivity index (χ3n) is 3.30. The van der Waals surface area contributed by atoms with Gasteiger partial charge in [0.2, 0.25) is 0 Å². The van der Waals surface area contributed by atoms with Crippen LogP contribution in [0.5, 0.6) is 0 Å². The van der Waals surface area contributed by atoms with E-state index in [4.69, 9.17) is 0 Å². The molecule has 0 spiro atoms. The Morgan fingerprint density at radius 1 is 1.30 bits per heavy atom. The monoisotopic (exact) mass is 276 g/mol. The highest BCUT2D eigenvalue weighted by Crippen LogP contribution is 2.17. The van der Waals surface area contributed by atoms with E-state index >= 15 is 0 Å². The van der Waals surface area contributed by atoms with Gasteiger partial charge in [0, 0.05) is 37.9 Å². The zero-order valence-corrected chi connectivity index (χ0v) is 12.2. The average molecular weight is 276 g/mol. The number of aryl methyl sites for hydroxylation is 1. The van der Waals surface area contributed by atoms with E-state index in [1.54, 1.807) is 4.68 Å². The van der Waals surface area contributed by atoms with Crippen LogP contribution in [-0.4, -0.2) is 35.3 Å². The fourth-order valence-electron chi connectivity index (χ4n) is 2.20. The number of halogens is 1. The van der Waals surface area contributed by atoms with Crippen LogP contribution >= 0.6 is 0 Å². The molecule has 2 aromatic rings. The van der Waals surface area contributed by atoms with E-state index < -0.39 is 0 Å². The summed E-state index contributed by atoms with van der Waals surface area (Å²) in [6.45, 7) is 1.58. The van der Waals surface area contributed by atoms with Gasteiger partial charge in [0.1, 0.15) is 5.82 Å². The molecule has 1 atom stereocenters. The second-order valence-corrected chi connectivity index (χ2v) is 5.18. The van der Waals surface area contributed by atoms with Crippen molar-refractivity contribution in [2.24, 2.45) is 7.05 Å². The number of benzene rings is 1. The molecule has 0 aliphatic rings. The van der Waals surface area contributed by atoms with E-state index in [-0.39, 0.29) is 11.9 Å². The summed E-state index contributed by atoms with van der Waals surface area (Å²) in [7, 11) is 5.96. The molecule has 5 heteroatoms. The van der Waals surface area contributed by atoms with Crippen LogP contribution in [0.25, 0.3) is 0 Å². The first-order valence-electron chi connectivity index (χ1n) is 6.66. The molecule has 0 saturated carbocycles. The molecule has 0 bridgehead atoms. The smallest absolute Gasteiger partial charge is 0.123 e. The molecular weight excluding hydrogens is 255 g/mol. The lowest BCUT2D eigenvalue weighted by molar-refractivity contribution is 0.288. The Kier molecular flexibility index (Phi) is 4.87. The molecule has 4 nitrogen and oxygen atoms in total. The van der Waals surface area contributed by atoms with Gasteiger partial charge in [-0.05, 0) is 31.8 Å². The molecular formula is C15H21FN4. The molecule has 0 aliphatic heterocycles. The summed E-state index contributed by atoms with van der Waals surface area (Å²) < 4.78 is 14.8. The number of nitrogens with zero attached hydrogens (tertiary/aromatic N) is 3. The van der Waals surface area contributed by atoms with Crippen LogP contribution < -0.4 is 5.32 Å². The van der Waals surface area contributed by atoms with Crippen molar-refractivity contribution in [1.82, 2.24) is 20.0 Å². The van der Waals surface area contributed by atoms with Gasteiger partial charge in [-0.1, -0.05) is 12.1 Å². The first-order chi connectivity index (χ1) is 9.56. The van der Waals surface area contributed by atoms with Gasteiger partial charge < -0.3 is 10.2 Å². The summed E-state index contributed by atoms with van der Waals surface area (Å²) in [6.07, 6.45) is 3.85. The number of hydrogen-bond acceptors (Lipinski definition) is 3. The molecule has 0 aliphatic carbocycles. The van der Waals surface area contributed by atoms with Gasteiger partial charge in [0.05, 0.1) is 6.20 Å². The van der Waals surface area contributed by atoms with Crippen molar-refractivity contribution in [3.05, 3.63) is 53.6 Å². The zero-order valence-electron chi connectivity index (χ0n) is 12.2. The Morgan fingerprint density at radius 3 is 2.55 bits per heavy atom. The van der Waals surface area contributed by atoms with Crippen molar-refractivity contribution in [1.29, 1.82) is 0 Å². The molecule has 0 radical (unpaired) electrons. The lowest BCUT2D eigenvalue weighted by Crippen LogP contribution is -2.30. The first-order valence-corrected chi connectivity index (χ1v) is 6.66. The van der Waals surface area contributed by atoms with Crippen molar-refractivity contribution >= 4 is 0 Å². The van der Waals surface area contributed by atoms with E-state index in [2.05, 4.69) is 15.3 Å². The number of likely N-dealkylation sites (N-methyl/N-ethyl adjacent to an activating group) is 1. The van der Waals surface area contributed by atoms with Crippen molar-refractivity contribution in [2.75, 3.05) is 20.6 Å². The summed E-state index contributed by atoms with van der Waals surface area (Å²) in [6, 6.07) is 6.91. The predicted octanol–water partition coefficient (Wildman–Crippen LogP) is 1.95. The van der Waals surface area contributed by atoms with Crippen molar-refractivity contribution in [3.8, 4) is 0 Å². The second-order valence-electron chi connectivity index (χ2n) is 5.18. The van der Waals surface area contributed by atoms with E-state index in [0.29, 0.717) is 0 Å². The summed E-state index contributed by atoms with van der Waals surface area (Å²) in [5, 5.41) is 7.56. The molecule has 20 heavy (non-hydrogen) atoms. The van der Waals surface area contributed by atoms with Crippen LogP contribution in [0, 0.1) is 5.82 Å². The molecule has 108 valence electrons. The Morgan fingerprint density at radius 2 is 2.00 bits per heavy atom. The normalized spacial score (nSPS) is 12.8. The van der Waals surface area contributed by atoms with Gasteiger partial charge in [0.15, 0.2) is 0 Å². The average Bonchev–Trinajstić information content (AvgIpc) is 2.81. The van der Waals surface area contributed by atoms with Crippen LogP contribution in [0.2, 0.25) is 0 Å². The maximum atomic E-state index is 13.0. The van der Waals surface area contributed by atoms with Gasteiger partial charge in [-0.25, -0.2) is 4.39 Å². The Balaban J connectivity index is 1.94. The molecule has 0 saturated heterocycles. The number of nitrogens with one attached hydrogen (secondary N) is 1. The van der Waals surface area contributed by atoms with Gasteiger partial charge >= 0.3 is 0 Å². The molecule has 1 aromatic carbocycles. The van der Waals surface area contributed by atoms with E-state index in [1.165, 1.54) is 12.1 Å². The van der Waals surface area contributed by atoms with Crippen molar-refractivity contribution in [2.45, 2.75) is 12.6 Å². The van der Waals surface area contributed by atoms with Crippen molar-refractivity contribution < 1.29 is 4.39 Å². The van der Waals surface area contributed by atoms with Gasteiger partial charge in [0.25, 0.3) is 0 Å². The SMILES string of the molecule is CN(C)C(CNCc1cnn(C)c1)c1ccc(F)cc1. The molecule has 1 unspecified atom stereocenters. The highest BCUT2D eigenvalue weighted by atomic mass is 19.1. The lowest BCUT2D eigenvalue weighted by Gasteiger charge is -2.25. The van der Waals surface area contributed by atoms with E-state index in [9.17, 15) is 4.39 Å². The van der Waals surface area contributed by atoms with E-state index in [0.717, 1.165) is 24.2 Å². The van der Waals surface area contributed by atoms with Crippen molar-refractivity contribution in [3.63, 3.8) is 0 Å². The third-order valence-corrected chi connectivity index (χ3v) is 3.30. The molecule has 0 fully saturated rings. The van der Waals surface area contributed by atoms with Crippen LogP contribution in [0.3, 0.4) is 0 Å². The Bertz CT molecular complexity index is 533. The van der Waals surface area contributed by atoms with Crippen LogP contribution in [0.4, 0.5) is 4.39 Å². The molecule has 2 rings (SSSR count).